The number of fused-ring (bicyclic) bond motifs is 4. The molecule has 1 saturated carbocycles. The van der Waals surface area contributed by atoms with Gasteiger partial charge in [-0.05, 0) is 18.9 Å². The number of ether oxygens (including phenoxy) is 2. The molecule has 0 saturated heterocycles. The lowest BCUT2D eigenvalue weighted by Crippen LogP contribution is -2.52. The molecule has 12 heteroatoms. The van der Waals surface area contributed by atoms with E-state index < -0.39 is 6.61 Å². The highest BCUT2D eigenvalue weighted by Gasteiger charge is 2.34. The predicted molar refractivity (Wildman–Crippen MR) is 107 cm³/mol. The van der Waals surface area contributed by atoms with E-state index in [9.17, 15) is 13.6 Å². The van der Waals surface area contributed by atoms with E-state index in [1.165, 1.54) is 17.1 Å². The molecule has 3 aromatic rings. The molecule has 31 heavy (non-hydrogen) atoms. The van der Waals surface area contributed by atoms with Crippen LogP contribution < -0.4 is 20.7 Å². The summed E-state index contributed by atoms with van der Waals surface area (Å²) in [5, 5.41) is 8.96. The quantitative estimate of drug-likeness (QED) is 0.580. The van der Waals surface area contributed by atoms with Crippen molar-refractivity contribution >= 4 is 34.4 Å². The smallest absolute Gasteiger partial charge is 0.387 e. The van der Waals surface area contributed by atoms with E-state index in [2.05, 4.69) is 35.6 Å². The van der Waals surface area contributed by atoms with Gasteiger partial charge in [-0.15, -0.1) is 0 Å². The lowest BCUT2D eigenvalue weighted by Gasteiger charge is -2.36. The molecule has 1 aliphatic carbocycles. The maximum atomic E-state index is 12.9. The van der Waals surface area contributed by atoms with Crippen LogP contribution in [0.3, 0.4) is 0 Å². The number of nitrogens with one attached hydrogen (secondary N) is 3. The molecule has 10 nitrogen and oxygen atoms in total. The summed E-state index contributed by atoms with van der Waals surface area (Å²) in [6, 6.07) is 2.72. The van der Waals surface area contributed by atoms with Gasteiger partial charge in [0, 0.05) is 13.1 Å². The second kappa shape index (κ2) is 7.61. The van der Waals surface area contributed by atoms with Gasteiger partial charge in [-0.2, -0.15) is 8.78 Å². The minimum atomic E-state index is -3.01. The normalized spacial score (nSPS) is 20.5. The molecule has 1 amide bonds. The predicted octanol–water partition coefficient (Wildman–Crippen LogP) is 2.83. The van der Waals surface area contributed by atoms with Gasteiger partial charge in [-0.25, -0.2) is 19.3 Å². The van der Waals surface area contributed by atoms with Crippen LogP contribution in [0.1, 0.15) is 18.5 Å². The number of imidazole rings is 1. The SMILES string of the molecule is CNc1cc2nc3c1ncn3C(=O)N[C@@H]1CC[C@H]1OCc1cc(c(OC(F)F)cn1)N2. The van der Waals surface area contributed by atoms with E-state index in [0.29, 0.717) is 28.4 Å². The average Bonchev–Trinajstić information content (AvgIpc) is 3.15. The molecule has 4 heterocycles. The molecule has 0 unspecified atom stereocenters. The number of amides is 1. The summed E-state index contributed by atoms with van der Waals surface area (Å²) >= 11 is 0. The second-order valence-corrected chi connectivity index (χ2v) is 7.25. The van der Waals surface area contributed by atoms with Crippen LogP contribution >= 0.6 is 0 Å². The lowest BCUT2D eigenvalue weighted by atomic mass is 9.89. The largest absolute Gasteiger partial charge is 0.431 e. The second-order valence-electron chi connectivity index (χ2n) is 7.25. The molecule has 3 aromatic heterocycles. The van der Waals surface area contributed by atoms with Crippen molar-refractivity contribution < 1.29 is 23.0 Å². The van der Waals surface area contributed by atoms with Gasteiger partial charge in [0.1, 0.15) is 17.7 Å². The van der Waals surface area contributed by atoms with Crippen molar-refractivity contribution in [1.29, 1.82) is 0 Å². The van der Waals surface area contributed by atoms with E-state index in [1.54, 1.807) is 19.2 Å². The van der Waals surface area contributed by atoms with Gasteiger partial charge in [-0.3, -0.25) is 4.98 Å². The number of carbonyl (C=O) groups is 1. The zero-order valence-electron chi connectivity index (χ0n) is 16.4. The number of hydrogen-bond donors (Lipinski definition) is 3. The Kier molecular flexibility index (Phi) is 4.77. The van der Waals surface area contributed by atoms with E-state index in [0.717, 1.165) is 12.8 Å². The van der Waals surface area contributed by atoms with Gasteiger partial charge in [0.25, 0.3) is 0 Å². The molecule has 1 fully saturated rings. The molecule has 0 spiro atoms. The summed E-state index contributed by atoms with van der Waals surface area (Å²) in [7, 11) is 1.71. The van der Waals surface area contributed by atoms with Crippen LogP contribution in [0.2, 0.25) is 0 Å². The lowest BCUT2D eigenvalue weighted by molar-refractivity contribution is -0.0498. The van der Waals surface area contributed by atoms with Crippen LogP contribution in [-0.2, 0) is 11.3 Å². The number of hydrogen-bond acceptors (Lipinski definition) is 8. The fourth-order valence-electron chi connectivity index (χ4n) is 3.64. The van der Waals surface area contributed by atoms with E-state index in [4.69, 9.17) is 4.74 Å². The van der Waals surface area contributed by atoms with E-state index in [-0.39, 0.29) is 36.2 Å². The fraction of sp³-hybridized carbons (Fsp3) is 0.368. The Bertz CT molecular complexity index is 1150. The number of anilines is 3. The van der Waals surface area contributed by atoms with Crippen LogP contribution in [0, 0.1) is 0 Å². The van der Waals surface area contributed by atoms with Crippen molar-refractivity contribution in [1.82, 2.24) is 24.8 Å². The molecule has 0 radical (unpaired) electrons. The highest BCUT2D eigenvalue weighted by atomic mass is 19.3. The molecular weight excluding hydrogens is 412 g/mol. The van der Waals surface area contributed by atoms with Gasteiger partial charge in [0.2, 0.25) is 0 Å². The van der Waals surface area contributed by atoms with Crippen LogP contribution in [0.25, 0.3) is 11.2 Å². The highest BCUT2D eigenvalue weighted by molar-refractivity contribution is 5.94. The third kappa shape index (κ3) is 3.58. The Labute approximate surface area is 175 Å². The molecular formula is C19H19F2N7O3. The van der Waals surface area contributed by atoms with Crippen molar-refractivity contribution in [3.05, 3.63) is 30.4 Å². The number of carbonyl (C=O) groups excluding carboxylic acids is 1. The van der Waals surface area contributed by atoms with Crippen molar-refractivity contribution in [3.8, 4) is 5.75 Å². The molecule has 2 aliphatic rings. The van der Waals surface area contributed by atoms with Crippen LogP contribution in [0.5, 0.6) is 5.75 Å². The van der Waals surface area contributed by atoms with Crippen molar-refractivity contribution in [2.45, 2.75) is 38.2 Å². The summed E-state index contributed by atoms with van der Waals surface area (Å²) in [6.45, 7) is -2.86. The number of alkyl halides is 2. The minimum absolute atomic E-state index is 0.133. The summed E-state index contributed by atoms with van der Waals surface area (Å²) in [5.74, 6) is 0.175. The van der Waals surface area contributed by atoms with Crippen molar-refractivity contribution in [3.63, 3.8) is 0 Å². The number of pyridine rings is 2. The molecule has 5 rings (SSSR count). The monoisotopic (exact) mass is 431 g/mol. The molecule has 0 aromatic carbocycles. The molecule has 3 N–H and O–H groups in total. The summed E-state index contributed by atoms with van der Waals surface area (Å²) in [4.78, 5) is 25.8. The standard InChI is InChI=1S/C19H19F2N7O3/c1-22-12-5-15-25-11-4-9(23-6-14(11)31-18(20)21)7-30-13-3-2-10(13)26-19(29)28-8-24-16(12)17(28)27-15/h4-6,8,10,13,18H,2-3,7H2,1H3,(H,26,29)(H2,22,25,27)/t10-,13-/m1/s1. The number of aromatic nitrogens is 4. The molecule has 4 bridgehead atoms. The van der Waals surface area contributed by atoms with Gasteiger partial charge in [0.15, 0.2) is 11.4 Å². The third-order valence-electron chi connectivity index (χ3n) is 5.36. The first-order chi connectivity index (χ1) is 15.0. The first kappa shape index (κ1) is 19.4. The Morgan fingerprint density at radius 2 is 2.19 bits per heavy atom. The first-order valence-corrected chi connectivity index (χ1v) is 9.71. The first-order valence-electron chi connectivity index (χ1n) is 9.71. The number of rotatable bonds is 3. The van der Waals surface area contributed by atoms with Crippen LogP contribution in [0.4, 0.5) is 30.8 Å². The zero-order valence-corrected chi connectivity index (χ0v) is 16.4. The average molecular weight is 431 g/mol. The Hall–Kier alpha value is -3.54. The fourth-order valence-corrected chi connectivity index (χ4v) is 3.64. The highest BCUT2D eigenvalue weighted by Crippen LogP contribution is 2.32. The van der Waals surface area contributed by atoms with Crippen molar-refractivity contribution in [2.75, 3.05) is 17.7 Å². The maximum Gasteiger partial charge on any atom is 0.387 e. The van der Waals surface area contributed by atoms with E-state index in [1.807, 2.05) is 0 Å². The zero-order chi connectivity index (χ0) is 21.5. The van der Waals surface area contributed by atoms with Gasteiger partial charge in [-0.1, -0.05) is 0 Å². The Balaban J connectivity index is 1.64. The van der Waals surface area contributed by atoms with Gasteiger partial charge < -0.3 is 25.4 Å². The summed E-state index contributed by atoms with van der Waals surface area (Å²) in [5.41, 5.74) is 2.20. The molecule has 2 atom stereocenters. The van der Waals surface area contributed by atoms with Gasteiger partial charge >= 0.3 is 12.6 Å². The number of halogens is 2. The Morgan fingerprint density at radius 1 is 1.32 bits per heavy atom. The van der Waals surface area contributed by atoms with Crippen LogP contribution in [-0.4, -0.2) is 51.4 Å². The third-order valence-corrected chi connectivity index (χ3v) is 5.36. The molecule has 162 valence electrons. The topological polar surface area (TPSA) is 115 Å². The van der Waals surface area contributed by atoms with E-state index >= 15 is 0 Å². The maximum absolute atomic E-state index is 12.9. The van der Waals surface area contributed by atoms with Crippen LogP contribution in [0.15, 0.2) is 24.7 Å². The Morgan fingerprint density at radius 3 is 2.94 bits per heavy atom. The molecule has 1 aliphatic heterocycles. The minimum Gasteiger partial charge on any atom is -0.431 e. The van der Waals surface area contributed by atoms with Gasteiger partial charge in [0.05, 0.1) is 42.0 Å². The summed E-state index contributed by atoms with van der Waals surface area (Å²) in [6.07, 6.45) is 4.02. The summed E-state index contributed by atoms with van der Waals surface area (Å²) < 4.78 is 37.6. The number of nitrogens with zero attached hydrogens (tertiary/aromatic N) is 4. The van der Waals surface area contributed by atoms with Crippen molar-refractivity contribution in [2.24, 2.45) is 0 Å².